The largest absolute Gasteiger partial charge is 0.461 e. The van der Waals surface area contributed by atoms with Crippen molar-refractivity contribution in [1.82, 2.24) is 0 Å². The smallest absolute Gasteiger partial charge is 0.309 e. The quantitative estimate of drug-likeness (QED) is 0.659. The lowest BCUT2D eigenvalue weighted by molar-refractivity contribution is -0.176. The Morgan fingerprint density at radius 1 is 0.905 bits per heavy atom. The van der Waals surface area contributed by atoms with Crippen LogP contribution in [-0.2, 0) is 9.53 Å². The van der Waals surface area contributed by atoms with E-state index in [9.17, 15) is 4.79 Å². The van der Waals surface area contributed by atoms with Gasteiger partial charge in [-0.05, 0) is 62.2 Å². The maximum atomic E-state index is 10.9. The third kappa shape index (κ3) is 3.81. The van der Waals surface area contributed by atoms with E-state index in [0.29, 0.717) is 12.3 Å². The van der Waals surface area contributed by atoms with Crippen LogP contribution in [0.15, 0.2) is 0 Å². The molecule has 1 aliphatic heterocycles. The van der Waals surface area contributed by atoms with Gasteiger partial charge in [0.1, 0.15) is 6.10 Å². The first-order chi connectivity index (χ1) is 10.3. The Morgan fingerprint density at radius 3 is 1.95 bits per heavy atom. The molecule has 0 N–H and O–H groups in total. The number of hydrogen-bond donors (Lipinski definition) is 0. The monoisotopic (exact) mass is 292 g/mol. The molecule has 2 nitrogen and oxygen atoms in total. The Kier molecular flexibility index (Phi) is 5.24. The molecule has 3 rings (SSSR count). The van der Waals surface area contributed by atoms with E-state index in [-0.39, 0.29) is 12.1 Å². The highest BCUT2D eigenvalue weighted by molar-refractivity contribution is 5.75. The van der Waals surface area contributed by atoms with Gasteiger partial charge in [0.2, 0.25) is 0 Å². The highest BCUT2D eigenvalue weighted by atomic mass is 16.6. The van der Waals surface area contributed by atoms with Crippen molar-refractivity contribution in [2.75, 3.05) is 0 Å². The van der Waals surface area contributed by atoms with Gasteiger partial charge in [-0.2, -0.15) is 0 Å². The predicted molar refractivity (Wildman–Crippen MR) is 84.9 cm³/mol. The van der Waals surface area contributed by atoms with E-state index < -0.39 is 0 Å². The van der Waals surface area contributed by atoms with Gasteiger partial charge in [0.15, 0.2) is 0 Å². The lowest BCUT2D eigenvalue weighted by atomic mass is 9.67. The van der Waals surface area contributed by atoms with E-state index in [1.54, 1.807) is 0 Å². The highest BCUT2D eigenvalue weighted by Crippen LogP contribution is 2.44. The molecular formula is C19H32O2. The molecule has 2 aliphatic carbocycles. The number of cyclic esters (lactones) is 1. The van der Waals surface area contributed by atoms with Crippen LogP contribution in [-0.4, -0.2) is 12.1 Å². The van der Waals surface area contributed by atoms with Gasteiger partial charge in [-0.15, -0.1) is 0 Å². The molecule has 0 aromatic heterocycles. The van der Waals surface area contributed by atoms with Crippen LogP contribution in [0.25, 0.3) is 0 Å². The molecule has 0 radical (unpaired) electrons. The van der Waals surface area contributed by atoms with Gasteiger partial charge in [-0.3, -0.25) is 4.79 Å². The molecule has 2 heteroatoms. The summed E-state index contributed by atoms with van der Waals surface area (Å²) in [6.45, 7) is 2.31. The van der Waals surface area contributed by atoms with Crippen molar-refractivity contribution >= 4 is 5.97 Å². The fraction of sp³-hybridized carbons (Fsp3) is 0.947. The first-order valence-electron chi connectivity index (χ1n) is 9.45. The number of unbranched alkanes of at least 4 members (excludes halogenated alkanes) is 1. The van der Waals surface area contributed by atoms with Gasteiger partial charge in [-0.25, -0.2) is 0 Å². The van der Waals surface area contributed by atoms with Crippen LogP contribution < -0.4 is 0 Å². The molecule has 120 valence electrons. The maximum Gasteiger partial charge on any atom is 0.309 e. The second-order valence-electron chi connectivity index (χ2n) is 7.83. The minimum Gasteiger partial charge on any atom is -0.461 e. The average molecular weight is 292 g/mol. The summed E-state index contributed by atoms with van der Waals surface area (Å²) >= 11 is 0. The van der Waals surface area contributed by atoms with Crippen LogP contribution in [0.1, 0.15) is 84.0 Å². The molecular weight excluding hydrogens is 260 g/mol. The molecule has 2 saturated carbocycles. The zero-order valence-corrected chi connectivity index (χ0v) is 13.7. The normalized spacial score (nSPS) is 40.4. The fourth-order valence-corrected chi connectivity index (χ4v) is 5.02. The molecule has 0 aromatic carbocycles. The van der Waals surface area contributed by atoms with Crippen molar-refractivity contribution in [2.45, 2.75) is 90.1 Å². The lowest BCUT2D eigenvalue weighted by Crippen LogP contribution is -2.41. The molecule has 0 bridgehead atoms. The van der Waals surface area contributed by atoms with E-state index >= 15 is 0 Å². The molecule has 1 atom stereocenters. The number of esters is 1. The third-order valence-corrected chi connectivity index (χ3v) is 6.52. The van der Waals surface area contributed by atoms with Gasteiger partial charge in [0.05, 0.1) is 6.42 Å². The van der Waals surface area contributed by atoms with E-state index in [2.05, 4.69) is 6.92 Å². The Morgan fingerprint density at radius 2 is 1.43 bits per heavy atom. The zero-order valence-electron chi connectivity index (χ0n) is 13.7. The molecule has 3 fully saturated rings. The zero-order chi connectivity index (χ0) is 14.7. The Balaban J connectivity index is 1.36. The highest BCUT2D eigenvalue weighted by Gasteiger charge is 2.39. The predicted octanol–water partition coefficient (Wildman–Crippen LogP) is 5.10. The first kappa shape index (κ1) is 15.4. The average Bonchev–Trinajstić information content (AvgIpc) is 2.51. The summed E-state index contributed by atoms with van der Waals surface area (Å²) in [6, 6.07) is 0. The summed E-state index contributed by atoms with van der Waals surface area (Å²) < 4.78 is 5.27. The van der Waals surface area contributed by atoms with Crippen LogP contribution >= 0.6 is 0 Å². The Bertz CT molecular complexity index is 327. The van der Waals surface area contributed by atoms with E-state index in [4.69, 9.17) is 4.74 Å². The molecule has 1 unspecified atom stereocenters. The number of carbonyl (C=O) groups is 1. The molecule has 21 heavy (non-hydrogen) atoms. The fourth-order valence-electron chi connectivity index (χ4n) is 5.02. The molecule has 1 saturated heterocycles. The summed E-state index contributed by atoms with van der Waals surface area (Å²) in [6.07, 6.45) is 16.6. The summed E-state index contributed by atoms with van der Waals surface area (Å²) in [4.78, 5) is 10.9. The topological polar surface area (TPSA) is 26.3 Å². The van der Waals surface area contributed by atoms with Gasteiger partial charge < -0.3 is 4.74 Å². The van der Waals surface area contributed by atoms with E-state index in [1.807, 2.05) is 0 Å². The summed E-state index contributed by atoms with van der Waals surface area (Å²) in [5, 5.41) is 0. The molecule has 3 aliphatic rings. The van der Waals surface area contributed by atoms with Crippen LogP contribution in [0.5, 0.6) is 0 Å². The number of ether oxygens (including phenoxy) is 1. The summed E-state index contributed by atoms with van der Waals surface area (Å²) in [7, 11) is 0. The standard InChI is InChI=1S/C19H32O2/c1-2-3-4-14-5-7-15(8-6-14)16-9-11-17(12-10-16)18-13-19(20)21-18/h14-18H,2-13H2,1H3/t14-,15-,16?,17?,18?. The Labute approximate surface area is 130 Å². The van der Waals surface area contributed by atoms with Gasteiger partial charge in [0.25, 0.3) is 0 Å². The number of carbonyl (C=O) groups excluding carboxylic acids is 1. The van der Waals surface area contributed by atoms with Crippen LogP contribution in [0.4, 0.5) is 0 Å². The van der Waals surface area contributed by atoms with Crippen LogP contribution in [0.3, 0.4) is 0 Å². The molecule has 0 spiro atoms. The van der Waals surface area contributed by atoms with Crippen molar-refractivity contribution in [3.05, 3.63) is 0 Å². The van der Waals surface area contributed by atoms with E-state index in [0.717, 1.165) is 17.8 Å². The lowest BCUT2D eigenvalue weighted by Gasteiger charge is -2.41. The summed E-state index contributed by atoms with van der Waals surface area (Å²) in [5.41, 5.74) is 0. The summed E-state index contributed by atoms with van der Waals surface area (Å²) in [5.74, 6) is 3.72. The van der Waals surface area contributed by atoms with Crippen molar-refractivity contribution in [2.24, 2.45) is 23.7 Å². The van der Waals surface area contributed by atoms with Gasteiger partial charge in [0, 0.05) is 0 Å². The van der Waals surface area contributed by atoms with Crippen molar-refractivity contribution in [3.63, 3.8) is 0 Å². The van der Waals surface area contributed by atoms with Crippen molar-refractivity contribution in [3.8, 4) is 0 Å². The molecule has 0 aromatic rings. The molecule has 1 heterocycles. The molecule has 0 amide bonds. The first-order valence-corrected chi connectivity index (χ1v) is 9.45. The van der Waals surface area contributed by atoms with Crippen molar-refractivity contribution in [1.29, 1.82) is 0 Å². The van der Waals surface area contributed by atoms with Crippen molar-refractivity contribution < 1.29 is 9.53 Å². The van der Waals surface area contributed by atoms with Crippen LogP contribution in [0, 0.1) is 23.7 Å². The maximum absolute atomic E-state index is 10.9. The minimum atomic E-state index is 0.0209. The van der Waals surface area contributed by atoms with Gasteiger partial charge in [-0.1, -0.05) is 39.0 Å². The SMILES string of the molecule is CCCC[C@H]1CC[C@H](C2CCC(C3CC(=O)O3)CC2)CC1. The van der Waals surface area contributed by atoms with Gasteiger partial charge >= 0.3 is 5.97 Å². The Hall–Kier alpha value is -0.530. The minimum absolute atomic E-state index is 0.0209. The second kappa shape index (κ2) is 7.15. The van der Waals surface area contributed by atoms with E-state index in [1.165, 1.54) is 70.6 Å². The second-order valence-corrected chi connectivity index (χ2v) is 7.83. The number of rotatable bonds is 5. The van der Waals surface area contributed by atoms with Crippen LogP contribution in [0.2, 0.25) is 0 Å². The third-order valence-electron chi connectivity index (χ3n) is 6.52. The number of hydrogen-bond acceptors (Lipinski definition) is 2.